The van der Waals surface area contributed by atoms with Gasteiger partial charge in [-0.3, -0.25) is 0 Å². The molecule has 26 aromatic rings. The van der Waals surface area contributed by atoms with Gasteiger partial charge in [-0.15, -0.1) is 0 Å². The van der Waals surface area contributed by atoms with Gasteiger partial charge in [0.05, 0.1) is 66.6 Å². The molecule has 7 nitrogen and oxygen atoms in total. The predicted molar refractivity (Wildman–Crippen MR) is 576 cm³/mol. The van der Waals surface area contributed by atoms with E-state index in [1.165, 1.54) is 149 Å². The predicted octanol–water partition coefficient (Wildman–Crippen LogP) is 34.0. The van der Waals surface area contributed by atoms with Crippen molar-refractivity contribution < 1.29 is 0 Å². The first kappa shape index (κ1) is 77.2. The van der Waals surface area contributed by atoms with Gasteiger partial charge >= 0.3 is 0 Å². The lowest BCUT2D eigenvalue weighted by molar-refractivity contribution is 0.660. The zero-order chi connectivity index (χ0) is 91.2. The minimum absolute atomic E-state index is 0.138. The molecular weight excluding hydrogens is 1670 g/mol. The molecule has 7 heteroatoms. The molecule has 0 aliphatic heterocycles. The highest BCUT2D eigenvalue weighted by atomic mass is 15.0. The standard InChI is InChI=1S/C131H87N7/c1-129(2)108-39-17-10-30-90(108)93-55-52-85(73-111(93)129)134-114-42-20-13-33-96(114)102-66-78(46-58-118(102)134)79-49-61-121-105(69-79)99-36-16-23-45-117(99)137(121)88-64-84(128-132-126(77-26-8-7-9-27-77)125-100-37-24-28-76-29-25-38-101(124(76)100)127(125)133-128)65-89(72-88)138-122-62-50-82(80-47-59-119-103(67-80)97-34-14-21-43-115(97)135(119)86-53-56-94-91-31-11-18-40-109(91)130(3,4)112(94)74-86)70-106(122)107-71-83(51-63-123(107)138)81-48-60-120-104(68-81)98-35-15-22-44-116(98)136(120)87-54-57-95-92-32-12-19-41-110(92)131(5,6)113(95)75-87/h7-75H,1-6H3. The maximum absolute atomic E-state index is 5.91. The largest absolute Gasteiger partial charge is 0.309 e. The lowest BCUT2D eigenvalue weighted by Gasteiger charge is -2.22. The molecule has 6 heterocycles. The monoisotopic (exact) mass is 1760 g/mol. The Morgan fingerprint density at radius 3 is 0.819 bits per heavy atom. The summed E-state index contributed by atoms with van der Waals surface area (Å²) in [4.78, 5) is 11.8. The number of rotatable bonds is 10. The molecule has 646 valence electrons. The topological polar surface area (TPSA) is 50.4 Å². The van der Waals surface area contributed by atoms with Gasteiger partial charge < -0.3 is 22.8 Å². The number of fused-ring (bicyclic) bond motifs is 27. The van der Waals surface area contributed by atoms with Crippen molar-refractivity contribution in [3.8, 4) is 140 Å². The fourth-order valence-electron chi connectivity index (χ4n) is 25.5. The molecule has 6 aromatic heterocycles. The van der Waals surface area contributed by atoms with Crippen LogP contribution in [0.1, 0.15) is 74.9 Å². The molecule has 0 spiro atoms. The summed E-state index contributed by atoms with van der Waals surface area (Å²) in [5.74, 6) is 0.640. The summed E-state index contributed by atoms with van der Waals surface area (Å²) in [7, 11) is 0. The second-order valence-corrected chi connectivity index (χ2v) is 40.3. The molecule has 4 aliphatic carbocycles. The van der Waals surface area contributed by atoms with Crippen LogP contribution in [0.25, 0.3) is 260 Å². The first-order valence-electron chi connectivity index (χ1n) is 48.3. The van der Waals surface area contributed by atoms with E-state index in [1.807, 2.05) is 0 Å². The Morgan fingerprint density at radius 1 is 0.174 bits per heavy atom. The normalized spacial score (nSPS) is 13.9. The molecule has 0 saturated carbocycles. The highest BCUT2D eigenvalue weighted by Crippen LogP contribution is 2.57. The van der Waals surface area contributed by atoms with E-state index < -0.39 is 0 Å². The van der Waals surface area contributed by atoms with Crippen LogP contribution in [0, 0.1) is 0 Å². The number of hydrogen-bond donors (Lipinski definition) is 0. The van der Waals surface area contributed by atoms with Crippen molar-refractivity contribution in [1.82, 2.24) is 32.8 Å². The van der Waals surface area contributed by atoms with Gasteiger partial charge in [-0.25, -0.2) is 9.97 Å². The van der Waals surface area contributed by atoms with Crippen LogP contribution in [0.3, 0.4) is 0 Å². The SMILES string of the molecule is CC1(C)c2ccccc2-c2ccc(-n3c4ccccc4c4cc(-c5ccc6c(c5)c5ccccc5n6-c5cc(-c6nc(-c7ccccc7)c7c(n6)-c6cccc8cccc-7c68)cc(-n6c7ccc(-c8ccc9c(c8)c8ccccc8n9-c8ccc9c(c8)C(C)(C)c8ccccc8-9)cc7c7cc(-c8ccc9c(c8)c8ccccc8n9-c8ccc9c(c8)C(C)(C)c8ccccc8-9)ccc76)c5)ccc43)cc21. The highest BCUT2D eigenvalue weighted by molar-refractivity contribution is 6.20. The van der Waals surface area contributed by atoms with E-state index >= 15 is 0 Å². The van der Waals surface area contributed by atoms with Gasteiger partial charge in [-0.2, -0.15) is 0 Å². The average molecular weight is 1760 g/mol. The van der Waals surface area contributed by atoms with Crippen molar-refractivity contribution in [2.24, 2.45) is 0 Å². The van der Waals surface area contributed by atoms with E-state index in [-0.39, 0.29) is 16.2 Å². The molecule has 30 rings (SSSR count). The van der Waals surface area contributed by atoms with E-state index in [9.17, 15) is 0 Å². The molecule has 20 aromatic carbocycles. The van der Waals surface area contributed by atoms with Crippen molar-refractivity contribution in [2.75, 3.05) is 0 Å². The molecule has 138 heavy (non-hydrogen) atoms. The summed E-state index contributed by atoms with van der Waals surface area (Å²) in [6.45, 7) is 14.3. The number of aromatic nitrogens is 7. The summed E-state index contributed by atoms with van der Waals surface area (Å²) in [6.07, 6.45) is 0. The van der Waals surface area contributed by atoms with Crippen LogP contribution in [0.5, 0.6) is 0 Å². The zero-order valence-electron chi connectivity index (χ0n) is 77.0. The first-order valence-corrected chi connectivity index (χ1v) is 48.3. The average Bonchev–Trinajstić information content (AvgIpc) is 1.28. The van der Waals surface area contributed by atoms with E-state index in [4.69, 9.17) is 9.97 Å². The van der Waals surface area contributed by atoms with Gasteiger partial charge in [0.25, 0.3) is 0 Å². The number of hydrogen-bond acceptors (Lipinski definition) is 2. The van der Waals surface area contributed by atoms with Gasteiger partial charge in [-0.1, -0.05) is 308 Å². The molecule has 0 amide bonds. The van der Waals surface area contributed by atoms with Crippen molar-refractivity contribution in [3.05, 3.63) is 452 Å². The second kappa shape index (κ2) is 28.0. The minimum Gasteiger partial charge on any atom is -0.309 e. The van der Waals surface area contributed by atoms with Gasteiger partial charge in [0.15, 0.2) is 5.82 Å². The molecule has 4 aliphatic rings. The van der Waals surface area contributed by atoms with Crippen LogP contribution in [0.15, 0.2) is 419 Å². The zero-order valence-corrected chi connectivity index (χ0v) is 77.0. The quantitative estimate of drug-likeness (QED) is 0.137. The smallest absolute Gasteiger partial charge is 0.160 e. The summed E-state index contributed by atoms with van der Waals surface area (Å²) in [6, 6.07) is 158. The van der Waals surface area contributed by atoms with Crippen LogP contribution in [-0.4, -0.2) is 32.8 Å². The van der Waals surface area contributed by atoms with E-state index in [1.54, 1.807) is 0 Å². The maximum atomic E-state index is 5.91. The van der Waals surface area contributed by atoms with Crippen LogP contribution in [0.4, 0.5) is 0 Å². The first-order chi connectivity index (χ1) is 67.7. The Morgan fingerprint density at radius 2 is 0.457 bits per heavy atom. The fourth-order valence-corrected chi connectivity index (χ4v) is 25.5. The van der Waals surface area contributed by atoms with Crippen molar-refractivity contribution in [2.45, 2.75) is 57.8 Å². The Labute approximate surface area is 797 Å². The Bertz CT molecular complexity index is 9670. The van der Waals surface area contributed by atoms with E-state index in [2.05, 4.69) is 483 Å². The van der Waals surface area contributed by atoms with Gasteiger partial charge in [0, 0.05) is 121 Å². The van der Waals surface area contributed by atoms with Gasteiger partial charge in [0.1, 0.15) is 0 Å². The Hall–Kier alpha value is -17.3. The maximum Gasteiger partial charge on any atom is 0.160 e. The Balaban J connectivity index is 0.624. The van der Waals surface area contributed by atoms with Crippen molar-refractivity contribution >= 4 is 120 Å². The summed E-state index contributed by atoms with van der Waals surface area (Å²) < 4.78 is 12.5. The van der Waals surface area contributed by atoms with Crippen LogP contribution >= 0.6 is 0 Å². The van der Waals surface area contributed by atoms with E-state index in [0.29, 0.717) is 5.82 Å². The van der Waals surface area contributed by atoms with Crippen LogP contribution in [-0.2, 0) is 16.2 Å². The lowest BCUT2D eigenvalue weighted by atomic mass is 9.82. The summed E-state index contributed by atoms with van der Waals surface area (Å²) >= 11 is 0. The number of para-hydroxylation sites is 4. The third-order valence-corrected chi connectivity index (χ3v) is 32.0. The molecule has 0 unspecified atom stereocenters. The van der Waals surface area contributed by atoms with Gasteiger partial charge in [0.2, 0.25) is 0 Å². The van der Waals surface area contributed by atoms with Crippen molar-refractivity contribution in [3.63, 3.8) is 0 Å². The molecular formula is C131H87N7. The Kier molecular flexibility index (Phi) is 15.6. The summed E-state index contributed by atoms with van der Waals surface area (Å²) in [5.41, 5.74) is 46.4. The molecule has 0 saturated heterocycles. The number of nitrogens with zero attached hydrogens (tertiary/aromatic N) is 7. The number of benzene rings is 20. The van der Waals surface area contributed by atoms with Crippen LogP contribution < -0.4 is 0 Å². The molecule has 0 fully saturated rings. The van der Waals surface area contributed by atoms with Crippen molar-refractivity contribution in [1.29, 1.82) is 0 Å². The third kappa shape index (κ3) is 10.7. The molecule has 0 radical (unpaired) electrons. The molecule has 0 N–H and O–H groups in total. The third-order valence-electron chi connectivity index (χ3n) is 32.0. The summed E-state index contributed by atoms with van der Waals surface area (Å²) in [5, 5.41) is 14.3. The fraction of sp³-hybridized carbons (Fsp3) is 0.0687. The second-order valence-electron chi connectivity index (χ2n) is 40.3. The van der Waals surface area contributed by atoms with E-state index in [0.717, 1.165) is 139 Å². The highest BCUT2D eigenvalue weighted by Gasteiger charge is 2.40. The molecule has 0 atom stereocenters. The molecule has 0 bridgehead atoms. The lowest BCUT2D eigenvalue weighted by Crippen LogP contribution is -2.15. The van der Waals surface area contributed by atoms with Crippen LogP contribution in [0.2, 0.25) is 0 Å². The minimum atomic E-state index is -0.154. The van der Waals surface area contributed by atoms with Gasteiger partial charge in [-0.05, 0) is 268 Å².